The molecule has 5 rings (SSSR count). The highest BCUT2D eigenvalue weighted by molar-refractivity contribution is 9.10. The van der Waals surface area contributed by atoms with E-state index < -0.39 is 12.0 Å². The number of rotatable bonds is 6. The number of nitrogens with zero attached hydrogens (tertiary/aromatic N) is 4. The van der Waals surface area contributed by atoms with Crippen molar-refractivity contribution in [3.05, 3.63) is 98.3 Å². The number of pyridine rings is 1. The van der Waals surface area contributed by atoms with Crippen molar-refractivity contribution in [2.45, 2.75) is 19.4 Å². The zero-order chi connectivity index (χ0) is 26.8. The van der Waals surface area contributed by atoms with E-state index in [2.05, 4.69) is 41.8 Å². The molecule has 1 aliphatic rings. The maximum absolute atomic E-state index is 13.5. The Morgan fingerprint density at radius 3 is 2.63 bits per heavy atom. The van der Waals surface area contributed by atoms with Gasteiger partial charge in [0.15, 0.2) is 5.82 Å². The Balaban J connectivity index is 1.41. The van der Waals surface area contributed by atoms with Gasteiger partial charge in [-0.3, -0.25) is 9.59 Å². The van der Waals surface area contributed by atoms with Crippen LogP contribution in [0.4, 0.5) is 11.4 Å². The second-order valence-corrected chi connectivity index (χ2v) is 10.0. The van der Waals surface area contributed by atoms with Gasteiger partial charge in [0.2, 0.25) is 6.10 Å². The number of carbonyl (C=O) groups is 2. The highest BCUT2D eigenvalue weighted by atomic mass is 79.9. The fraction of sp³-hybridized carbons (Fsp3) is 0.115. The number of oxime groups is 1. The number of aryl methyl sites for hydroxylation is 1. The molecular formula is C26H19BrCl2N6O3. The van der Waals surface area contributed by atoms with E-state index in [9.17, 15) is 9.59 Å². The molecule has 0 fully saturated rings. The molecule has 192 valence electrons. The molecule has 0 radical (unpaired) electrons. The third-order valence-electron chi connectivity index (χ3n) is 5.70. The number of hydrogen-bond donors (Lipinski definition) is 2. The summed E-state index contributed by atoms with van der Waals surface area (Å²) in [6.07, 6.45) is 0.911. The Morgan fingerprint density at radius 2 is 1.87 bits per heavy atom. The van der Waals surface area contributed by atoms with Crippen molar-refractivity contribution in [3.63, 3.8) is 0 Å². The summed E-state index contributed by atoms with van der Waals surface area (Å²) in [4.78, 5) is 35.9. The van der Waals surface area contributed by atoms with Crippen molar-refractivity contribution in [1.29, 1.82) is 0 Å². The maximum Gasteiger partial charge on any atom is 0.274 e. The maximum atomic E-state index is 13.5. The Hall–Kier alpha value is -3.73. The molecule has 0 bridgehead atoms. The predicted octanol–water partition coefficient (Wildman–Crippen LogP) is 6.03. The molecule has 4 aromatic rings. The lowest BCUT2D eigenvalue weighted by molar-refractivity contribution is -0.125. The third-order valence-corrected chi connectivity index (χ3v) is 6.60. The van der Waals surface area contributed by atoms with Gasteiger partial charge in [0.05, 0.1) is 16.4 Å². The Bertz CT molecular complexity index is 1570. The zero-order valence-corrected chi connectivity index (χ0v) is 22.9. The van der Waals surface area contributed by atoms with E-state index in [-0.39, 0.29) is 18.0 Å². The first-order valence-corrected chi connectivity index (χ1v) is 12.9. The third kappa shape index (κ3) is 5.42. The number of anilines is 2. The van der Waals surface area contributed by atoms with Crippen LogP contribution in [-0.4, -0.2) is 38.4 Å². The van der Waals surface area contributed by atoms with E-state index >= 15 is 0 Å². The molecular weight excluding hydrogens is 595 g/mol. The van der Waals surface area contributed by atoms with Gasteiger partial charge in [-0.15, -0.1) is 0 Å². The number of nitrogens with one attached hydrogen (secondary N) is 2. The van der Waals surface area contributed by atoms with Crippen LogP contribution < -0.4 is 10.6 Å². The zero-order valence-electron chi connectivity index (χ0n) is 19.8. The van der Waals surface area contributed by atoms with Crippen molar-refractivity contribution in [2.24, 2.45) is 5.16 Å². The van der Waals surface area contributed by atoms with Crippen LogP contribution in [0.5, 0.6) is 0 Å². The molecule has 1 atom stereocenters. The SMILES string of the molecule is Cc1cc(Cl)cc(C2=NOC(C(=O)Nc3ccccc3)C2)c1NC(=O)c1cc(Br)nn1-c1ncccc1Cl. The lowest BCUT2D eigenvalue weighted by Gasteiger charge is -2.15. The molecule has 9 nitrogen and oxygen atoms in total. The van der Waals surface area contributed by atoms with Gasteiger partial charge in [-0.2, -0.15) is 5.10 Å². The van der Waals surface area contributed by atoms with Crippen molar-refractivity contribution in [1.82, 2.24) is 14.8 Å². The summed E-state index contributed by atoms with van der Waals surface area (Å²) in [6, 6.07) is 17.4. The van der Waals surface area contributed by atoms with E-state index in [4.69, 9.17) is 28.0 Å². The van der Waals surface area contributed by atoms with Crippen LogP contribution in [0.25, 0.3) is 5.82 Å². The Labute approximate surface area is 235 Å². The van der Waals surface area contributed by atoms with Crippen molar-refractivity contribution in [3.8, 4) is 5.82 Å². The largest absolute Gasteiger partial charge is 0.382 e. The summed E-state index contributed by atoms with van der Waals surface area (Å²) in [6.45, 7) is 1.81. The van der Waals surface area contributed by atoms with Crippen LogP contribution in [0.3, 0.4) is 0 Å². The molecule has 2 aromatic carbocycles. The normalized spacial score (nSPS) is 14.5. The summed E-state index contributed by atoms with van der Waals surface area (Å²) >= 11 is 16.0. The lowest BCUT2D eigenvalue weighted by Crippen LogP contribution is -2.28. The molecule has 38 heavy (non-hydrogen) atoms. The summed E-state index contributed by atoms with van der Waals surface area (Å²) in [5.41, 5.74) is 3.03. The highest BCUT2D eigenvalue weighted by Crippen LogP contribution is 2.31. The minimum atomic E-state index is -0.836. The van der Waals surface area contributed by atoms with Crippen molar-refractivity contribution < 1.29 is 14.4 Å². The molecule has 2 aromatic heterocycles. The Morgan fingerprint density at radius 1 is 1.08 bits per heavy atom. The molecule has 1 unspecified atom stereocenters. The molecule has 0 aliphatic carbocycles. The van der Waals surface area contributed by atoms with E-state index in [1.165, 1.54) is 4.68 Å². The second-order valence-electron chi connectivity index (χ2n) is 8.36. The van der Waals surface area contributed by atoms with Crippen molar-refractivity contribution >= 4 is 68.0 Å². The van der Waals surface area contributed by atoms with Crippen molar-refractivity contribution in [2.75, 3.05) is 10.6 Å². The van der Waals surface area contributed by atoms with Crippen LogP contribution in [-0.2, 0) is 9.63 Å². The predicted molar refractivity (Wildman–Crippen MR) is 149 cm³/mol. The average molecular weight is 614 g/mol. The van der Waals surface area contributed by atoms with Gasteiger partial charge in [0.25, 0.3) is 11.8 Å². The fourth-order valence-corrected chi connectivity index (χ4v) is 4.79. The minimum Gasteiger partial charge on any atom is -0.382 e. The smallest absolute Gasteiger partial charge is 0.274 e. The Kier molecular flexibility index (Phi) is 7.46. The molecule has 0 saturated carbocycles. The summed E-state index contributed by atoms with van der Waals surface area (Å²) < 4.78 is 1.78. The number of carbonyl (C=O) groups excluding carboxylic acids is 2. The molecule has 1 aliphatic heterocycles. The van der Waals surface area contributed by atoms with Crippen LogP contribution in [0.15, 0.2) is 76.6 Å². The van der Waals surface area contributed by atoms with Crippen LogP contribution in [0.1, 0.15) is 28.0 Å². The summed E-state index contributed by atoms with van der Waals surface area (Å²) in [7, 11) is 0. The fourth-order valence-electron chi connectivity index (χ4n) is 3.94. The first-order chi connectivity index (χ1) is 18.3. The standard InChI is InChI=1S/C26H19BrCl2N6O3/c1-14-10-15(28)11-17(19-12-21(38-34-19)26(37)31-16-6-3-2-4-7-16)23(14)32-25(36)20-13-22(27)33-35(20)24-18(29)8-5-9-30-24/h2-11,13,21H,12H2,1H3,(H,31,37)(H,32,36). The quantitative estimate of drug-likeness (QED) is 0.276. The van der Waals surface area contributed by atoms with Gasteiger partial charge >= 0.3 is 0 Å². The monoisotopic (exact) mass is 612 g/mol. The number of halogens is 3. The van der Waals surface area contributed by atoms with Gasteiger partial charge in [-0.05, 0) is 64.8 Å². The number of benzene rings is 2. The average Bonchev–Trinajstić information content (AvgIpc) is 3.54. The molecule has 2 amide bonds. The topological polar surface area (TPSA) is 110 Å². The molecule has 0 spiro atoms. The van der Waals surface area contributed by atoms with Gasteiger partial charge in [-0.1, -0.05) is 46.6 Å². The number of amides is 2. The molecule has 12 heteroatoms. The van der Waals surface area contributed by atoms with Crippen LogP contribution in [0, 0.1) is 6.92 Å². The highest BCUT2D eigenvalue weighted by Gasteiger charge is 2.31. The number of aromatic nitrogens is 3. The van der Waals surface area contributed by atoms with E-state index in [0.717, 1.165) is 0 Å². The molecule has 3 heterocycles. The van der Waals surface area contributed by atoms with Gasteiger partial charge < -0.3 is 15.5 Å². The first-order valence-electron chi connectivity index (χ1n) is 11.4. The number of hydrogen-bond acceptors (Lipinski definition) is 6. The van der Waals surface area contributed by atoms with Gasteiger partial charge in [0, 0.05) is 35.0 Å². The second kappa shape index (κ2) is 10.9. The van der Waals surface area contributed by atoms with E-state index in [0.29, 0.717) is 48.7 Å². The summed E-state index contributed by atoms with van der Waals surface area (Å²) in [5, 5.41) is 15.0. The molecule has 0 saturated heterocycles. The van der Waals surface area contributed by atoms with Crippen LogP contribution >= 0.6 is 39.1 Å². The van der Waals surface area contributed by atoms with E-state index in [1.54, 1.807) is 48.7 Å². The molecule has 2 N–H and O–H groups in total. The number of para-hydroxylation sites is 1. The first kappa shape index (κ1) is 25.9. The van der Waals surface area contributed by atoms with Crippen LogP contribution in [0.2, 0.25) is 10.0 Å². The minimum absolute atomic E-state index is 0.189. The van der Waals surface area contributed by atoms with Gasteiger partial charge in [-0.25, -0.2) is 9.67 Å². The summed E-state index contributed by atoms with van der Waals surface area (Å²) in [5.74, 6) is -0.492. The van der Waals surface area contributed by atoms with E-state index in [1.807, 2.05) is 25.1 Å². The van der Waals surface area contributed by atoms with Gasteiger partial charge in [0.1, 0.15) is 10.3 Å². The lowest BCUT2D eigenvalue weighted by atomic mass is 9.99.